The fourth-order valence-corrected chi connectivity index (χ4v) is 4.36. The van der Waals surface area contributed by atoms with Crippen LogP contribution < -0.4 is 4.90 Å². The number of fused-ring (bicyclic) bond motifs is 1. The molecule has 5 rings (SSSR count). The number of amides is 1. The maximum absolute atomic E-state index is 12.9. The van der Waals surface area contributed by atoms with E-state index in [2.05, 4.69) is 0 Å². The van der Waals surface area contributed by atoms with E-state index in [0.717, 1.165) is 29.9 Å². The van der Waals surface area contributed by atoms with Gasteiger partial charge in [0.25, 0.3) is 0 Å². The summed E-state index contributed by atoms with van der Waals surface area (Å²) in [5, 5.41) is 10.6. The van der Waals surface area contributed by atoms with Crippen molar-refractivity contribution in [2.24, 2.45) is 23.7 Å². The molecule has 6 heteroatoms. The SMILES string of the molecule is O=C1[C@H]2C3C=CC(CC3)[C@H]2C(O)N1c1cccc(C(F)(F)F)c1. The van der Waals surface area contributed by atoms with Gasteiger partial charge in [-0.05, 0) is 42.9 Å². The summed E-state index contributed by atoms with van der Waals surface area (Å²) in [6.07, 6.45) is 0.350. The van der Waals surface area contributed by atoms with Crippen LogP contribution in [0.3, 0.4) is 0 Å². The molecule has 1 saturated carbocycles. The summed E-state index contributed by atoms with van der Waals surface area (Å²) in [5.41, 5.74) is -0.697. The van der Waals surface area contributed by atoms with Gasteiger partial charge in [-0.2, -0.15) is 13.2 Å². The first kappa shape index (κ1) is 14.8. The summed E-state index contributed by atoms with van der Waals surface area (Å²) >= 11 is 0. The van der Waals surface area contributed by atoms with Crippen LogP contribution in [0.5, 0.6) is 0 Å². The molecule has 3 unspecified atom stereocenters. The van der Waals surface area contributed by atoms with Gasteiger partial charge in [-0.3, -0.25) is 9.69 Å². The molecule has 1 saturated heterocycles. The normalized spacial score (nSPS) is 35.7. The van der Waals surface area contributed by atoms with E-state index in [-0.39, 0.29) is 35.3 Å². The van der Waals surface area contributed by atoms with E-state index in [9.17, 15) is 23.1 Å². The van der Waals surface area contributed by atoms with Crippen LogP contribution in [0.15, 0.2) is 36.4 Å². The van der Waals surface area contributed by atoms with Gasteiger partial charge in [0, 0.05) is 11.6 Å². The van der Waals surface area contributed by atoms with Crippen molar-refractivity contribution < 1.29 is 23.1 Å². The van der Waals surface area contributed by atoms with Crippen LogP contribution in [0.4, 0.5) is 18.9 Å². The molecule has 3 nitrogen and oxygen atoms in total. The van der Waals surface area contributed by atoms with E-state index in [0.29, 0.717) is 0 Å². The van der Waals surface area contributed by atoms with E-state index in [1.54, 1.807) is 0 Å². The maximum Gasteiger partial charge on any atom is 0.416 e. The smallest absolute Gasteiger partial charge is 0.373 e. The van der Waals surface area contributed by atoms with Crippen LogP contribution in [-0.4, -0.2) is 17.2 Å². The van der Waals surface area contributed by atoms with Crippen LogP contribution in [-0.2, 0) is 11.0 Å². The van der Waals surface area contributed by atoms with Crippen molar-refractivity contribution in [2.45, 2.75) is 25.2 Å². The number of rotatable bonds is 1. The largest absolute Gasteiger partial charge is 0.416 e. The lowest BCUT2D eigenvalue weighted by molar-refractivity contribution is -0.137. The monoisotopic (exact) mass is 323 g/mol. The number of allylic oxidation sites excluding steroid dienone is 2. The Hall–Kier alpha value is -1.82. The summed E-state index contributed by atoms with van der Waals surface area (Å²) in [6, 6.07) is 4.62. The summed E-state index contributed by atoms with van der Waals surface area (Å²) in [7, 11) is 0. The number of nitrogens with zero attached hydrogens (tertiary/aromatic N) is 1. The Kier molecular flexibility index (Phi) is 3.10. The van der Waals surface area contributed by atoms with Crippen LogP contribution in [0.2, 0.25) is 0 Å². The van der Waals surface area contributed by atoms with Gasteiger partial charge in [0.15, 0.2) is 0 Å². The standard InChI is InChI=1S/C17H16F3NO2/c18-17(19,20)11-2-1-3-12(8-11)21-15(22)13-9-4-5-10(7-6-9)14(13)16(21)23/h1-5,8-10,13-15,22H,6-7H2/t9?,10?,13-,14+,15?/m1/s1. The molecule has 23 heavy (non-hydrogen) atoms. The predicted molar refractivity (Wildman–Crippen MR) is 77.3 cm³/mol. The van der Waals surface area contributed by atoms with Gasteiger partial charge >= 0.3 is 6.18 Å². The number of benzene rings is 1. The summed E-state index contributed by atoms with van der Waals surface area (Å²) in [5.74, 6) is -0.590. The highest BCUT2D eigenvalue weighted by Crippen LogP contribution is 2.52. The molecule has 1 heterocycles. The Morgan fingerprint density at radius 3 is 2.43 bits per heavy atom. The highest BCUT2D eigenvalue weighted by Gasteiger charge is 2.56. The molecular weight excluding hydrogens is 307 g/mol. The van der Waals surface area contributed by atoms with E-state index in [1.165, 1.54) is 12.1 Å². The Morgan fingerprint density at radius 2 is 1.83 bits per heavy atom. The lowest BCUT2D eigenvalue weighted by atomic mass is 9.63. The molecule has 1 aliphatic heterocycles. The Balaban J connectivity index is 1.72. The minimum atomic E-state index is -4.48. The lowest BCUT2D eigenvalue weighted by Crippen LogP contribution is -2.40. The summed E-state index contributed by atoms with van der Waals surface area (Å²) in [6.45, 7) is 0. The molecule has 2 bridgehead atoms. The Morgan fingerprint density at radius 1 is 1.13 bits per heavy atom. The third kappa shape index (κ3) is 2.11. The fraction of sp³-hybridized carbons (Fsp3) is 0.471. The second-order valence-electron chi connectivity index (χ2n) is 6.56. The third-order valence-electron chi connectivity index (χ3n) is 5.39. The average molecular weight is 323 g/mol. The molecule has 0 spiro atoms. The zero-order chi connectivity index (χ0) is 16.4. The van der Waals surface area contributed by atoms with Gasteiger partial charge in [0.1, 0.15) is 6.23 Å². The number of hydrogen-bond donors (Lipinski definition) is 1. The lowest BCUT2D eigenvalue weighted by Gasteiger charge is -2.40. The number of anilines is 1. The van der Waals surface area contributed by atoms with Gasteiger partial charge in [0.2, 0.25) is 5.91 Å². The summed E-state index contributed by atoms with van der Waals surface area (Å²) < 4.78 is 38.7. The molecule has 4 aliphatic rings. The van der Waals surface area contributed by atoms with Crippen LogP contribution >= 0.6 is 0 Å². The molecule has 1 amide bonds. The minimum absolute atomic E-state index is 0.0861. The number of aliphatic hydroxyl groups excluding tert-OH is 1. The highest BCUT2D eigenvalue weighted by molar-refractivity contribution is 5.98. The number of carbonyl (C=O) groups is 1. The fourth-order valence-electron chi connectivity index (χ4n) is 4.36. The number of hydrogen-bond acceptors (Lipinski definition) is 2. The zero-order valence-electron chi connectivity index (χ0n) is 12.2. The van der Waals surface area contributed by atoms with Crippen LogP contribution in [0.25, 0.3) is 0 Å². The van der Waals surface area contributed by atoms with Crippen molar-refractivity contribution in [1.82, 2.24) is 0 Å². The van der Waals surface area contributed by atoms with Crippen molar-refractivity contribution in [3.05, 3.63) is 42.0 Å². The molecule has 5 atom stereocenters. The van der Waals surface area contributed by atoms with Crippen molar-refractivity contribution in [3.8, 4) is 0 Å². The van der Waals surface area contributed by atoms with E-state index >= 15 is 0 Å². The van der Waals surface area contributed by atoms with Crippen LogP contribution in [0, 0.1) is 23.7 Å². The molecule has 1 N–H and O–H groups in total. The van der Waals surface area contributed by atoms with Gasteiger partial charge < -0.3 is 5.11 Å². The molecular formula is C17H16F3NO2. The Bertz CT molecular complexity index is 685. The topological polar surface area (TPSA) is 40.5 Å². The van der Waals surface area contributed by atoms with E-state index in [4.69, 9.17) is 0 Å². The average Bonchev–Trinajstić information content (AvgIpc) is 2.81. The van der Waals surface area contributed by atoms with Gasteiger partial charge in [0.05, 0.1) is 11.5 Å². The van der Waals surface area contributed by atoms with Crippen LogP contribution in [0.1, 0.15) is 18.4 Å². The second-order valence-corrected chi connectivity index (χ2v) is 6.56. The van der Waals surface area contributed by atoms with Gasteiger partial charge in [-0.15, -0.1) is 0 Å². The van der Waals surface area contributed by atoms with Gasteiger partial charge in [-0.25, -0.2) is 0 Å². The summed E-state index contributed by atoms with van der Waals surface area (Å²) in [4.78, 5) is 13.9. The first-order valence-corrected chi connectivity index (χ1v) is 7.74. The maximum atomic E-state index is 12.9. The van der Waals surface area contributed by atoms with Gasteiger partial charge in [-0.1, -0.05) is 18.2 Å². The first-order valence-electron chi connectivity index (χ1n) is 7.74. The molecule has 1 aromatic carbocycles. The number of carbonyl (C=O) groups excluding carboxylic acids is 1. The minimum Gasteiger partial charge on any atom is -0.373 e. The van der Waals surface area contributed by atoms with Crippen molar-refractivity contribution >= 4 is 11.6 Å². The van der Waals surface area contributed by atoms with Crippen molar-refractivity contribution in [3.63, 3.8) is 0 Å². The zero-order valence-corrected chi connectivity index (χ0v) is 12.2. The second kappa shape index (κ2) is 4.84. The number of aliphatic hydroxyl groups is 1. The molecule has 1 aromatic rings. The number of halogens is 3. The molecule has 0 radical (unpaired) electrons. The quantitative estimate of drug-likeness (QED) is 0.806. The Labute approximate surface area is 131 Å². The molecule has 2 fully saturated rings. The third-order valence-corrected chi connectivity index (χ3v) is 5.39. The number of alkyl halides is 3. The molecule has 122 valence electrons. The van der Waals surface area contributed by atoms with E-state index in [1.807, 2.05) is 12.2 Å². The molecule has 3 aliphatic carbocycles. The molecule has 0 aromatic heterocycles. The predicted octanol–water partition coefficient (Wildman–Crippen LogP) is 3.20. The first-order chi connectivity index (χ1) is 10.9. The highest BCUT2D eigenvalue weighted by atomic mass is 19.4. The van der Waals surface area contributed by atoms with Crippen molar-refractivity contribution in [1.29, 1.82) is 0 Å². The van der Waals surface area contributed by atoms with E-state index < -0.39 is 18.0 Å². The van der Waals surface area contributed by atoms with Crippen molar-refractivity contribution in [2.75, 3.05) is 4.90 Å².